The van der Waals surface area contributed by atoms with Gasteiger partial charge in [0.2, 0.25) is 0 Å². The van der Waals surface area contributed by atoms with Crippen molar-refractivity contribution in [2.45, 2.75) is 19.4 Å². The monoisotopic (exact) mass is 351 g/mol. The van der Waals surface area contributed by atoms with Crippen LogP contribution in [0.2, 0.25) is 0 Å². The second-order valence-corrected chi connectivity index (χ2v) is 6.99. The minimum Gasteiger partial charge on any atom is -0.326 e. The number of pyridine rings is 1. The molecule has 0 radical (unpaired) electrons. The fourth-order valence-electron chi connectivity index (χ4n) is 4.14. The standard InChI is InChI=1S/C24H21N3/c25-16-17-4-3-6-20(14-17)27-23-9-8-18-5-1-2-7-21(18)22(23)15-24(27)19-10-12-26-13-11-19/h1-7,10-15H,8-9,16,25H2. The highest BCUT2D eigenvalue weighted by Gasteiger charge is 2.23. The Labute approximate surface area is 159 Å². The van der Waals surface area contributed by atoms with Gasteiger partial charge in [0.05, 0.1) is 5.69 Å². The van der Waals surface area contributed by atoms with Crippen molar-refractivity contribution in [3.05, 3.63) is 95.9 Å². The first-order valence-electron chi connectivity index (χ1n) is 9.38. The molecule has 0 bridgehead atoms. The average molecular weight is 351 g/mol. The molecule has 3 nitrogen and oxygen atoms in total. The first-order chi connectivity index (χ1) is 13.3. The molecule has 0 atom stereocenters. The van der Waals surface area contributed by atoms with E-state index in [-0.39, 0.29) is 0 Å². The van der Waals surface area contributed by atoms with Gasteiger partial charge in [0, 0.05) is 41.4 Å². The van der Waals surface area contributed by atoms with Crippen molar-refractivity contribution in [2.24, 2.45) is 5.73 Å². The van der Waals surface area contributed by atoms with Crippen LogP contribution in [0.1, 0.15) is 16.8 Å². The summed E-state index contributed by atoms with van der Waals surface area (Å²) in [6, 6.07) is 23.8. The number of benzene rings is 2. The lowest BCUT2D eigenvalue weighted by molar-refractivity contribution is 0.856. The van der Waals surface area contributed by atoms with E-state index < -0.39 is 0 Å². The third-order valence-corrected chi connectivity index (χ3v) is 5.42. The summed E-state index contributed by atoms with van der Waals surface area (Å²) in [6.07, 6.45) is 5.82. The molecule has 5 rings (SSSR count). The lowest BCUT2D eigenvalue weighted by Gasteiger charge is -2.20. The van der Waals surface area contributed by atoms with Crippen molar-refractivity contribution in [1.82, 2.24) is 9.55 Å². The molecule has 0 unspecified atom stereocenters. The normalized spacial score (nSPS) is 12.5. The summed E-state index contributed by atoms with van der Waals surface area (Å²) in [6.45, 7) is 0.546. The molecule has 4 aromatic rings. The molecule has 1 aliphatic rings. The molecule has 0 aliphatic heterocycles. The number of hydrogen-bond donors (Lipinski definition) is 1. The highest BCUT2D eigenvalue weighted by Crippen LogP contribution is 2.40. The van der Waals surface area contributed by atoms with E-state index in [1.807, 2.05) is 12.4 Å². The Hall–Kier alpha value is -3.17. The highest BCUT2D eigenvalue weighted by molar-refractivity contribution is 5.80. The first-order valence-corrected chi connectivity index (χ1v) is 9.38. The zero-order valence-electron chi connectivity index (χ0n) is 15.1. The SMILES string of the molecule is NCc1cccc(-n2c(-c3ccncc3)cc3c2CCc2ccccc2-3)c1. The summed E-state index contributed by atoms with van der Waals surface area (Å²) in [4.78, 5) is 4.19. The Morgan fingerprint density at radius 1 is 0.852 bits per heavy atom. The smallest absolute Gasteiger partial charge is 0.0538 e. The van der Waals surface area contributed by atoms with Gasteiger partial charge in [0.15, 0.2) is 0 Å². The molecule has 1 aliphatic carbocycles. The molecule has 132 valence electrons. The number of hydrogen-bond acceptors (Lipinski definition) is 2. The second kappa shape index (κ2) is 6.53. The zero-order chi connectivity index (χ0) is 18.2. The number of nitrogens with two attached hydrogens (primary N) is 1. The van der Waals surface area contributed by atoms with E-state index in [1.165, 1.54) is 39.3 Å². The van der Waals surface area contributed by atoms with Gasteiger partial charge in [0.25, 0.3) is 0 Å². The van der Waals surface area contributed by atoms with E-state index >= 15 is 0 Å². The third-order valence-electron chi connectivity index (χ3n) is 5.42. The van der Waals surface area contributed by atoms with E-state index in [4.69, 9.17) is 5.73 Å². The van der Waals surface area contributed by atoms with Crippen LogP contribution in [-0.2, 0) is 19.4 Å². The number of nitrogens with zero attached hydrogens (tertiary/aromatic N) is 2. The van der Waals surface area contributed by atoms with Crippen molar-refractivity contribution in [3.63, 3.8) is 0 Å². The summed E-state index contributed by atoms with van der Waals surface area (Å²) in [7, 11) is 0. The molecule has 0 amide bonds. The van der Waals surface area contributed by atoms with Crippen molar-refractivity contribution >= 4 is 0 Å². The van der Waals surface area contributed by atoms with E-state index in [1.54, 1.807) is 0 Å². The van der Waals surface area contributed by atoms with E-state index in [2.05, 4.69) is 76.3 Å². The number of aromatic nitrogens is 2. The van der Waals surface area contributed by atoms with E-state index in [0.29, 0.717) is 6.54 Å². The topological polar surface area (TPSA) is 43.8 Å². The highest BCUT2D eigenvalue weighted by atomic mass is 15.0. The molecule has 0 spiro atoms. The van der Waals surface area contributed by atoms with E-state index in [0.717, 1.165) is 18.4 Å². The van der Waals surface area contributed by atoms with Gasteiger partial charge in [-0.05, 0) is 59.9 Å². The maximum Gasteiger partial charge on any atom is 0.0538 e. The Balaban J connectivity index is 1.80. The fourth-order valence-corrected chi connectivity index (χ4v) is 4.14. The van der Waals surface area contributed by atoms with Crippen LogP contribution in [0.15, 0.2) is 79.1 Å². The molecular weight excluding hydrogens is 330 g/mol. The van der Waals surface area contributed by atoms with Crippen LogP contribution < -0.4 is 5.73 Å². The molecule has 2 heterocycles. The Bertz CT molecular complexity index is 1110. The number of aryl methyl sites for hydroxylation is 1. The van der Waals surface area contributed by atoms with Crippen LogP contribution in [0, 0.1) is 0 Å². The summed E-state index contributed by atoms with van der Waals surface area (Å²) < 4.78 is 2.40. The molecular formula is C24H21N3. The van der Waals surface area contributed by atoms with Gasteiger partial charge < -0.3 is 10.3 Å². The summed E-state index contributed by atoms with van der Waals surface area (Å²) in [5.74, 6) is 0. The molecule has 2 aromatic carbocycles. The summed E-state index contributed by atoms with van der Waals surface area (Å²) in [5, 5.41) is 0. The van der Waals surface area contributed by atoms with Gasteiger partial charge in [-0.2, -0.15) is 0 Å². The lowest BCUT2D eigenvalue weighted by Crippen LogP contribution is -2.09. The third kappa shape index (κ3) is 2.68. The summed E-state index contributed by atoms with van der Waals surface area (Å²) >= 11 is 0. The minimum atomic E-state index is 0.546. The molecule has 0 fully saturated rings. The predicted octanol–water partition coefficient (Wildman–Crippen LogP) is 4.76. The van der Waals surface area contributed by atoms with Crippen LogP contribution in [-0.4, -0.2) is 9.55 Å². The van der Waals surface area contributed by atoms with Gasteiger partial charge in [0.1, 0.15) is 0 Å². The lowest BCUT2D eigenvalue weighted by atomic mass is 9.90. The van der Waals surface area contributed by atoms with Crippen molar-refractivity contribution in [3.8, 4) is 28.1 Å². The number of rotatable bonds is 3. The summed E-state index contributed by atoms with van der Waals surface area (Å²) in [5.41, 5.74) is 16.1. The largest absolute Gasteiger partial charge is 0.326 e. The van der Waals surface area contributed by atoms with Gasteiger partial charge >= 0.3 is 0 Å². The quantitative estimate of drug-likeness (QED) is 0.578. The van der Waals surface area contributed by atoms with Gasteiger partial charge in [-0.15, -0.1) is 0 Å². The number of fused-ring (bicyclic) bond motifs is 3. The van der Waals surface area contributed by atoms with Gasteiger partial charge in [-0.1, -0.05) is 36.4 Å². The molecule has 27 heavy (non-hydrogen) atoms. The van der Waals surface area contributed by atoms with Crippen LogP contribution in [0.25, 0.3) is 28.1 Å². The van der Waals surface area contributed by atoms with E-state index in [9.17, 15) is 0 Å². The van der Waals surface area contributed by atoms with Crippen molar-refractivity contribution in [2.75, 3.05) is 0 Å². The van der Waals surface area contributed by atoms with Gasteiger partial charge in [-0.25, -0.2) is 0 Å². The minimum absolute atomic E-state index is 0.546. The van der Waals surface area contributed by atoms with Crippen LogP contribution >= 0.6 is 0 Å². The fraction of sp³-hybridized carbons (Fsp3) is 0.125. The maximum atomic E-state index is 5.90. The molecule has 0 saturated carbocycles. The molecule has 2 N–H and O–H groups in total. The van der Waals surface area contributed by atoms with Crippen LogP contribution in [0.4, 0.5) is 0 Å². The zero-order valence-corrected chi connectivity index (χ0v) is 15.1. The molecule has 2 aromatic heterocycles. The first kappa shape index (κ1) is 16.0. The van der Waals surface area contributed by atoms with Crippen molar-refractivity contribution < 1.29 is 0 Å². The Morgan fingerprint density at radius 3 is 2.56 bits per heavy atom. The van der Waals surface area contributed by atoms with Crippen LogP contribution in [0.3, 0.4) is 0 Å². The Kier molecular flexibility index (Phi) is 3.88. The predicted molar refractivity (Wildman–Crippen MR) is 110 cm³/mol. The van der Waals surface area contributed by atoms with Crippen molar-refractivity contribution in [1.29, 1.82) is 0 Å². The Morgan fingerprint density at radius 2 is 1.70 bits per heavy atom. The maximum absolute atomic E-state index is 5.90. The van der Waals surface area contributed by atoms with Crippen LogP contribution in [0.5, 0.6) is 0 Å². The van der Waals surface area contributed by atoms with Gasteiger partial charge in [-0.3, -0.25) is 4.98 Å². The molecule has 3 heteroatoms. The second-order valence-electron chi connectivity index (χ2n) is 6.99. The average Bonchev–Trinajstić information content (AvgIpc) is 3.14. The molecule has 0 saturated heterocycles.